The summed E-state index contributed by atoms with van der Waals surface area (Å²) in [5.41, 5.74) is 1.52. The van der Waals surface area contributed by atoms with E-state index < -0.39 is 0 Å². The summed E-state index contributed by atoms with van der Waals surface area (Å²) >= 11 is 3.16. The van der Waals surface area contributed by atoms with Crippen LogP contribution in [-0.4, -0.2) is 40.4 Å². The molecule has 1 amide bonds. The second-order valence-electron chi connectivity index (χ2n) is 6.67. The van der Waals surface area contributed by atoms with Crippen LogP contribution in [0.15, 0.2) is 66.1 Å². The molecule has 0 saturated carbocycles. The quantitative estimate of drug-likeness (QED) is 0.321. The average molecular weight is 475 g/mol. The number of thioether (sulfide) groups is 1. The molecule has 0 N–H and O–H groups in total. The van der Waals surface area contributed by atoms with Crippen molar-refractivity contribution in [3.63, 3.8) is 0 Å². The molecule has 0 fully saturated rings. The van der Waals surface area contributed by atoms with Gasteiger partial charge in [0.25, 0.3) is 5.91 Å². The van der Waals surface area contributed by atoms with Gasteiger partial charge in [-0.05, 0) is 55.1 Å². The summed E-state index contributed by atoms with van der Waals surface area (Å²) in [7, 11) is 1.65. The number of ether oxygens (including phenoxy) is 1. The van der Waals surface area contributed by atoms with Crippen molar-refractivity contribution in [3.8, 4) is 5.75 Å². The zero-order valence-electron chi connectivity index (χ0n) is 17.2. The lowest BCUT2D eigenvalue weighted by Crippen LogP contribution is -2.32. The number of thiazole rings is 1. The molecule has 4 rings (SSSR count). The van der Waals surface area contributed by atoms with E-state index in [-0.39, 0.29) is 18.3 Å². The van der Waals surface area contributed by atoms with E-state index in [4.69, 9.17) is 9.72 Å². The Balaban J connectivity index is 0.00000272. The van der Waals surface area contributed by atoms with Gasteiger partial charge in [0, 0.05) is 35.9 Å². The van der Waals surface area contributed by atoms with E-state index in [2.05, 4.69) is 4.98 Å². The van der Waals surface area contributed by atoms with Gasteiger partial charge in [0.05, 0.1) is 23.7 Å². The lowest BCUT2D eigenvalue weighted by atomic mass is 10.2. The number of hydrogen-bond donors (Lipinski definition) is 0. The fourth-order valence-corrected chi connectivity index (χ4v) is 4.57. The van der Waals surface area contributed by atoms with Crippen molar-refractivity contribution in [2.24, 2.45) is 0 Å². The van der Waals surface area contributed by atoms with Crippen molar-refractivity contribution in [2.45, 2.75) is 17.9 Å². The van der Waals surface area contributed by atoms with Gasteiger partial charge >= 0.3 is 0 Å². The van der Waals surface area contributed by atoms with Crippen LogP contribution in [0.25, 0.3) is 10.2 Å². The normalized spacial score (nSPS) is 10.6. The predicted molar refractivity (Wildman–Crippen MR) is 130 cm³/mol. The number of rotatable bonds is 8. The lowest BCUT2D eigenvalue weighted by Gasteiger charge is -2.20. The molecule has 9 heteroatoms. The first kappa shape index (κ1) is 23.1. The molecular formula is C22H23ClN4O2S2. The number of hydrogen-bond acceptors (Lipinski definition) is 6. The van der Waals surface area contributed by atoms with Crippen molar-refractivity contribution in [3.05, 3.63) is 66.7 Å². The van der Waals surface area contributed by atoms with E-state index >= 15 is 0 Å². The molecule has 31 heavy (non-hydrogen) atoms. The van der Waals surface area contributed by atoms with Gasteiger partial charge in [-0.2, -0.15) is 0 Å². The number of amides is 1. The lowest BCUT2D eigenvalue weighted by molar-refractivity contribution is 0.0986. The number of carbonyl (C=O) groups excluding carboxylic acids is 1. The fourth-order valence-electron chi connectivity index (χ4n) is 3.14. The Morgan fingerprint density at radius 3 is 2.71 bits per heavy atom. The highest BCUT2D eigenvalue weighted by Crippen LogP contribution is 2.32. The SMILES string of the molecule is COc1ccc2nc(N(CCCn3ccnc3)C(=O)c3ccc(SC)cc3)sc2c1.Cl. The summed E-state index contributed by atoms with van der Waals surface area (Å²) in [6, 6.07) is 13.5. The Labute approximate surface area is 195 Å². The number of carbonyl (C=O) groups is 1. The summed E-state index contributed by atoms with van der Waals surface area (Å²) < 4.78 is 8.33. The van der Waals surface area contributed by atoms with Gasteiger partial charge in [0.15, 0.2) is 5.13 Å². The molecule has 2 aromatic carbocycles. The summed E-state index contributed by atoms with van der Waals surface area (Å²) in [6.45, 7) is 1.35. The minimum Gasteiger partial charge on any atom is -0.497 e. The van der Waals surface area contributed by atoms with E-state index in [1.54, 1.807) is 36.3 Å². The molecule has 0 aliphatic heterocycles. The Morgan fingerprint density at radius 2 is 2.03 bits per heavy atom. The maximum atomic E-state index is 13.4. The molecule has 2 aromatic heterocycles. The topological polar surface area (TPSA) is 60.2 Å². The van der Waals surface area contributed by atoms with Crippen molar-refractivity contribution in [1.82, 2.24) is 14.5 Å². The summed E-state index contributed by atoms with van der Waals surface area (Å²) in [6.07, 6.45) is 8.30. The number of methoxy groups -OCH3 is 1. The van der Waals surface area contributed by atoms with Crippen LogP contribution in [0.2, 0.25) is 0 Å². The molecule has 0 spiro atoms. The van der Waals surface area contributed by atoms with Gasteiger partial charge in [0.1, 0.15) is 5.75 Å². The molecule has 162 valence electrons. The van der Waals surface area contributed by atoms with Crippen molar-refractivity contribution in [2.75, 3.05) is 24.8 Å². The summed E-state index contributed by atoms with van der Waals surface area (Å²) in [5.74, 6) is 0.739. The van der Waals surface area contributed by atoms with E-state index in [0.717, 1.165) is 33.8 Å². The molecule has 0 aliphatic rings. The number of halogens is 1. The first-order valence-electron chi connectivity index (χ1n) is 9.54. The molecule has 6 nitrogen and oxygen atoms in total. The molecular weight excluding hydrogens is 452 g/mol. The molecule has 0 bridgehead atoms. The minimum absolute atomic E-state index is 0. The first-order valence-corrected chi connectivity index (χ1v) is 11.6. The molecule has 0 radical (unpaired) electrons. The number of fused-ring (bicyclic) bond motifs is 1. The van der Waals surface area contributed by atoms with Crippen LogP contribution in [0.5, 0.6) is 5.75 Å². The van der Waals surface area contributed by atoms with Gasteiger partial charge in [-0.1, -0.05) is 11.3 Å². The van der Waals surface area contributed by atoms with Crippen LogP contribution in [0.3, 0.4) is 0 Å². The third-order valence-corrected chi connectivity index (χ3v) is 6.54. The number of benzene rings is 2. The van der Waals surface area contributed by atoms with Crippen molar-refractivity contribution >= 4 is 56.8 Å². The Kier molecular flexibility index (Phi) is 7.95. The van der Waals surface area contributed by atoms with Gasteiger partial charge in [-0.25, -0.2) is 9.97 Å². The molecule has 2 heterocycles. The van der Waals surface area contributed by atoms with Gasteiger partial charge < -0.3 is 9.30 Å². The Hall–Kier alpha value is -2.55. The van der Waals surface area contributed by atoms with E-state index in [9.17, 15) is 4.79 Å². The maximum absolute atomic E-state index is 13.4. The summed E-state index contributed by atoms with van der Waals surface area (Å²) in [4.78, 5) is 25.1. The Morgan fingerprint density at radius 1 is 1.23 bits per heavy atom. The van der Waals surface area contributed by atoms with E-state index in [0.29, 0.717) is 17.2 Å². The highest BCUT2D eigenvalue weighted by Gasteiger charge is 2.21. The van der Waals surface area contributed by atoms with Gasteiger partial charge in [0.2, 0.25) is 0 Å². The minimum atomic E-state index is -0.0423. The smallest absolute Gasteiger partial charge is 0.260 e. The Bertz CT molecular complexity index is 1130. The highest BCUT2D eigenvalue weighted by atomic mass is 35.5. The number of nitrogens with zero attached hydrogens (tertiary/aromatic N) is 4. The third kappa shape index (κ3) is 5.39. The standard InChI is InChI=1S/C22H22N4O2S2.ClH/c1-28-17-6-9-19-20(14-17)30-22(24-19)26(12-3-11-25-13-10-23-15-25)21(27)16-4-7-18(29-2)8-5-16;/h4-10,13-15H,3,11-12H2,1-2H3;1H. The summed E-state index contributed by atoms with van der Waals surface area (Å²) in [5, 5.41) is 0.697. The second kappa shape index (κ2) is 10.7. The van der Waals surface area contributed by atoms with Gasteiger partial charge in [-0.15, -0.1) is 24.2 Å². The average Bonchev–Trinajstić information content (AvgIpc) is 3.45. The monoisotopic (exact) mass is 474 g/mol. The number of aromatic nitrogens is 3. The zero-order valence-corrected chi connectivity index (χ0v) is 19.7. The fraction of sp³-hybridized carbons (Fsp3) is 0.227. The second-order valence-corrected chi connectivity index (χ2v) is 8.56. The number of aryl methyl sites for hydroxylation is 1. The van der Waals surface area contributed by atoms with E-state index in [1.807, 2.05) is 59.5 Å². The van der Waals surface area contributed by atoms with E-state index in [1.165, 1.54) is 11.3 Å². The van der Waals surface area contributed by atoms with Crippen LogP contribution in [-0.2, 0) is 6.54 Å². The largest absolute Gasteiger partial charge is 0.497 e. The van der Waals surface area contributed by atoms with Crippen LogP contribution in [0.1, 0.15) is 16.8 Å². The molecule has 0 aliphatic carbocycles. The molecule has 0 unspecified atom stereocenters. The molecule has 0 atom stereocenters. The van der Waals surface area contributed by atoms with Crippen LogP contribution in [0.4, 0.5) is 5.13 Å². The molecule has 0 saturated heterocycles. The maximum Gasteiger partial charge on any atom is 0.260 e. The molecule has 4 aromatic rings. The third-order valence-electron chi connectivity index (χ3n) is 4.75. The van der Waals surface area contributed by atoms with Crippen molar-refractivity contribution in [1.29, 1.82) is 0 Å². The number of anilines is 1. The van der Waals surface area contributed by atoms with Crippen LogP contribution >= 0.6 is 35.5 Å². The predicted octanol–water partition coefficient (Wildman–Crippen LogP) is 5.38. The van der Waals surface area contributed by atoms with Gasteiger partial charge in [-0.3, -0.25) is 9.69 Å². The van der Waals surface area contributed by atoms with Crippen LogP contribution in [0, 0.1) is 0 Å². The first-order chi connectivity index (χ1) is 14.7. The highest BCUT2D eigenvalue weighted by molar-refractivity contribution is 7.98. The zero-order chi connectivity index (χ0) is 20.9. The van der Waals surface area contributed by atoms with Crippen LogP contribution < -0.4 is 9.64 Å². The number of imidazole rings is 1. The van der Waals surface area contributed by atoms with Crippen molar-refractivity contribution < 1.29 is 9.53 Å².